The first-order valence-corrected chi connectivity index (χ1v) is 12.4. The Hall–Kier alpha value is -2.86. The van der Waals surface area contributed by atoms with E-state index in [0.29, 0.717) is 13.0 Å². The van der Waals surface area contributed by atoms with Crippen LogP contribution in [0.1, 0.15) is 59.7 Å². The molecule has 2 aromatic heterocycles. The van der Waals surface area contributed by atoms with Crippen molar-refractivity contribution in [3.8, 4) is 0 Å². The number of rotatable bonds is 7. The van der Waals surface area contributed by atoms with Crippen LogP contribution in [0.5, 0.6) is 0 Å². The highest BCUT2D eigenvalue weighted by Gasteiger charge is 2.37. The third kappa shape index (κ3) is 3.77. The Balaban J connectivity index is 1.72. The van der Waals surface area contributed by atoms with Gasteiger partial charge in [-0.2, -0.15) is 5.10 Å². The van der Waals surface area contributed by atoms with Crippen LogP contribution in [0.15, 0.2) is 48.3 Å². The molecule has 1 aliphatic heterocycles. The van der Waals surface area contributed by atoms with Crippen molar-refractivity contribution in [2.45, 2.75) is 52.0 Å². The molecular formula is C26H29N3O2S. The van der Waals surface area contributed by atoms with Crippen LogP contribution in [0.25, 0.3) is 5.57 Å². The number of aromatic amines is 1. The summed E-state index contributed by atoms with van der Waals surface area (Å²) in [7, 11) is 0. The van der Waals surface area contributed by atoms with Crippen molar-refractivity contribution >= 4 is 27.9 Å². The van der Waals surface area contributed by atoms with Crippen LogP contribution in [-0.2, 0) is 24.2 Å². The molecule has 32 heavy (non-hydrogen) atoms. The molecule has 0 saturated heterocycles. The maximum Gasteiger partial charge on any atom is 0.310 e. The van der Waals surface area contributed by atoms with E-state index in [2.05, 4.69) is 46.3 Å². The smallest absolute Gasteiger partial charge is 0.310 e. The van der Waals surface area contributed by atoms with Crippen molar-refractivity contribution in [3.05, 3.63) is 75.4 Å². The molecular weight excluding hydrogens is 418 g/mol. The summed E-state index contributed by atoms with van der Waals surface area (Å²) in [6, 6.07) is 10.5. The van der Waals surface area contributed by atoms with Gasteiger partial charge in [0.05, 0.1) is 17.1 Å². The number of hydrogen-bond acceptors (Lipinski definition) is 4. The number of anilines is 1. The second-order valence-corrected chi connectivity index (χ2v) is 9.88. The highest BCUT2D eigenvalue weighted by atomic mass is 32.1. The molecule has 1 atom stereocenters. The number of carbonyl (C=O) groups is 1. The van der Waals surface area contributed by atoms with Crippen molar-refractivity contribution in [2.24, 2.45) is 5.92 Å². The number of benzene rings is 1. The Bertz CT molecular complexity index is 1130. The zero-order valence-electron chi connectivity index (χ0n) is 18.4. The van der Waals surface area contributed by atoms with Gasteiger partial charge in [-0.3, -0.25) is 9.89 Å². The van der Waals surface area contributed by atoms with Gasteiger partial charge in [-0.25, -0.2) is 0 Å². The predicted molar refractivity (Wildman–Crippen MR) is 129 cm³/mol. The first-order valence-electron chi connectivity index (χ1n) is 11.6. The second kappa shape index (κ2) is 8.94. The molecule has 0 radical (unpaired) electrons. The molecule has 0 fully saturated rings. The summed E-state index contributed by atoms with van der Waals surface area (Å²) >= 11 is 1.92. The molecule has 6 heteroatoms. The fraction of sp³-hybridized carbons (Fsp3) is 0.385. The van der Waals surface area contributed by atoms with Gasteiger partial charge < -0.3 is 10.0 Å². The van der Waals surface area contributed by atoms with Gasteiger partial charge in [0.25, 0.3) is 0 Å². The molecule has 1 aliphatic carbocycles. The average molecular weight is 448 g/mol. The molecule has 2 aliphatic rings. The highest BCUT2D eigenvalue weighted by molar-refractivity contribution is 7.16. The summed E-state index contributed by atoms with van der Waals surface area (Å²) in [4.78, 5) is 16.3. The molecule has 2 N–H and O–H groups in total. The Morgan fingerprint density at radius 1 is 1.25 bits per heavy atom. The number of nitrogens with one attached hydrogen (secondary N) is 1. The van der Waals surface area contributed by atoms with Crippen LogP contribution in [0.4, 0.5) is 5.00 Å². The lowest BCUT2D eigenvalue weighted by molar-refractivity contribution is -0.140. The Morgan fingerprint density at radius 3 is 2.78 bits per heavy atom. The number of nitrogens with zero attached hydrogens (tertiary/aromatic N) is 2. The van der Waals surface area contributed by atoms with E-state index >= 15 is 0 Å². The second-order valence-electron chi connectivity index (χ2n) is 8.80. The normalized spacial score (nSPS) is 16.6. The van der Waals surface area contributed by atoms with Gasteiger partial charge in [-0.1, -0.05) is 43.7 Å². The molecule has 166 valence electrons. The third-order valence-electron chi connectivity index (χ3n) is 6.67. The lowest BCUT2D eigenvalue weighted by Crippen LogP contribution is -2.33. The quantitative estimate of drug-likeness (QED) is 0.489. The average Bonchev–Trinajstić information content (AvgIpc) is 3.46. The van der Waals surface area contributed by atoms with Gasteiger partial charge in [-0.05, 0) is 54.4 Å². The van der Waals surface area contributed by atoms with E-state index in [1.165, 1.54) is 39.4 Å². The van der Waals surface area contributed by atoms with Crippen molar-refractivity contribution in [3.63, 3.8) is 0 Å². The van der Waals surface area contributed by atoms with Gasteiger partial charge in [0, 0.05) is 35.3 Å². The van der Waals surface area contributed by atoms with Crippen molar-refractivity contribution in [2.75, 3.05) is 11.4 Å². The van der Waals surface area contributed by atoms with Crippen LogP contribution < -0.4 is 4.90 Å². The number of carboxylic acids is 1. The molecule has 0 bridgehead atoms. The van der Waals surface area contributed by atoms with E-state index in [-0.39, 0.29) is 0 Å². The van der Waals surface area contributed by atoms with E-state index in [1.54, 1.807) is 0 Å². The molecule has 0 saturated carbocycles. The Kier molecular flexibility index (Phi) is 5.87. The molecule has 3 heterocycles. The Labute approximate surface area is 192 Å². The van der Waals surface area contributed by atoms with E-state index < -0.39 is 11.9 Å². The summed E-state index contributed by atoms with van der Waals surface area (Å²) in [5.41, 5.74) is 7.09. The fourth-order valence-electron chi connectivity index (χ4n) is 5.22. The number of carboxylic acid groups (broad SMARTS) is 1. The molecule has 1 unspecified atom stereocenters. The number of aryl methyl sites for hydroxylation is 1. The number of H-pyrrole nitrogens is 1. The first kappa shape index (κ1) is 21.0. The molecule has 0 spiro atoms. The number of aliphatic carboxylic acids is 1. The SMILES string of the molecule is CCCC(C(=O)O)C1=C(c2cn[nH]c2)c2c(sc3c2CCCC3)N(Cc2ccccc2)C1. The van der Waals surface area contributed by atoms with Crippen LogP contribution in [0, 0.1) is 5.92 Å². The van der Waals surface area contributed by atoms with Crippen molar-refractivity contribution in [1.82, 2.24) is 10.2 Å². The maximum absolute atomic E-state index is 12.4. The minimum atomic E-state index is -0.727. The third-order valence-corrected chi connectivity index (χ3v) is 8.02. The van der Waals surface area contributed by atoms with Crippen LogP contribution in [0.2, 0.25) is 0 Å². The van der Waals surface area contributed by atoms with Crippen LogP contribution in [-0.4, -0.2) is 27.8 Å². The van der Waals surface area contributed by atoms with Gasteiger partial charge in [-0.15, -0.1) is 11.3 Å². The zero-order valence-corrected chi connectivity index (χ0v) is 19.3. The van der Waals surface area contributed by atoms with E-state index in [1.807, 2.05) is 29.8 Å². The van der Waals surface area contributed by atoms with Gasteiger partial charge in [0.1, 0.15) is 0 Å². The number of thiophene rings is 1. The maximum atomic E-state index is 12.4. The minimum absolute atomic E-state index is 0.490. The monoisotopic (exact) mass is 447 g/mol. The van der Waals surface area contributed by atoms with Gasteiger partial charge >= 0.3 is 5.97 Å². The van der Waals surface area contributed by atoms with Crippen molar-refractivity contribution < 1.29 is 9.90 Å². The largest absolute Gasteiger partial charge is 0.481 e. The molecule has 5 nitrogen and oxygen atoms in total. The van der Waals surface area contributed by atoms with E-state index in [4.69, 9.17) is 0 Å². The number of aromatic nitrogens is 2. The fourth-order valence-corrected chi connectivity index (χ4v) is 6.61. The first-order chi connectivity index (χ1) is 15.7. The lowest BCUT2D eigenvalue weighted by atomic mass is 9.80. The summed E-state index contributed by atoms with van der Waals surface area (Å²) < 4.78 is 0. The van der Waals surface area contributed by atoms with E-state index in [9.17, 15) is 9.90 Å². The predicted octanol–water partition coefficient (Wildman–Crippen LogP) is 5.67. The summed E-state index contributed by atoms with van der Waals surface area (Å²) in [5.74, 6) is -1.22. The van der Waals surface area contributed by atoms with Crippen molar-refractivity contribution in [1.29, 1.82) is 0 Å². The topological polar surface area (TPSA) is 69.2 Å². The molecule has 5 rings (SSSR count). The summed E-state index contributed by atoms with van der Waals surface area (Å²) in [6.07, 6.45) is 9.88. The summed E-state index contributed by atoms with van der Waals surface area (Å²) in [6.45, 7) is 3.49. The van der Waals surface area contributed by atoms with Crippen LogP contribution >= 0.6 is 11.3 Å². The summed E-state index contributed by atoms with van der Waals surface area (Å²) in [5, 5.41) is 18.7. The molecule has 3 aromatic rings. The van der Waals surface area contributed by atoms with Gasteiger partial charge in [0.2, 0.25) is 0 Å². The van der Waals surface area contributed by atoms with E-state index in [0.717, 1.165) is 42.5 Å². The highest BCUT2D eigenvalue weighted by Crippen LogP contribution is 2.50. The standard InChI is InChI=1S/C26H29N3O2S/c1-2-8-19(26(30)31)21-16-29(15-17-9-4-3-5-10-17)25-24(23(21)18-13-27-28-14-18)20-11-6-7-12-22(20)32-25/h3-5,9-10,13-14,19H,2,6-8,11-12,15-16H2,1H3,(H,27,28)(H,30,31). The Morgan fingerprint density at radius 2 is 2.06 bits per heavy atom. The zero-order chi connectivity index (χ0) is 22.1. The molecule has 0 amide bonds. The lowest BCUT2D eigenvalue weighted by Gasteiger charge is -2.35. The minimum Gasteiger partial charge on any atom is -0.481 e. The number of fused-ring (bicyclic) bond motifs is 3. The van der Waals surface area contributed by atoms with Crippen LogP contribution in [0.3, 0.4) is 0 Å². The number of hydrogen-bond donors (Lipinski definition) is 2. The molecule has 1 aromatic carbocycles. The van der Waals surface area contributed by atoms with Gasteiger partial charge in [0.15, 0.2) is 0 Å².